The molecule has 1 aromatic carbocycles. The maximum atomic E-state index is 11.9. The number of rotatable bonds is 8. The Morgan fingerprint density at radius 2 is 1.75 bits per heavy atom. The van der Waals surface area contributed by atoms with E-state index >= 15 is 0 Å². The van der Waals surface area contributed by atoms with Gasteiger partial charge in [-0.15, -0.1) is 0 Å². The molecule has 1 aromatic rings. The monoisotopic (exact) mass is 390 g/mol. The SMILES string of the molecule is CCC(=O)c1ccc(OCC(=O)OC(C)C(=O)NC(=O)NC2CCCC2)cc1. The summed E-state index contributed by atoms with van der Waals surface area (Å²) >= 11 is 0. The van der Waals surface area contributed by atoms with Gasteiger partial charge in [0.2, 0.25) is 0 Å². The summed E-state index contributed by atoms with van der Waals surface area (Å²) in [5.74, 6) is -1.03. The van der Waals surface area contributed by atoms with E-state index in [1.807, 2.05) is 0 Å². The van der Waals surface area contributed by atoms with Crippen LogP contribution in [0.25, 0.3) is 0 Å². The zero-order valence-electron chi connectivity index (χ0n) is 16.2. The van der Waals surface area contributed by atoms with E-state index in [1.165, 1.54) is 6.92 Å². The van der Waals surface area contributed by atoms with Gasteiger partial charge in [0.05, 0.1) is 0 Å². The van der Waals surface area contributed by atoms with Crippen LogP contribution < -0.4 is 15.4 Å². The van der Waals surface area contributed by atoms with Crippen LogP contribution >= 0.6 is 0 Å². The second kappa shape index (κ2) is 10.4. The summed E-state index contributed by atoms with van der Waals surface area (Å²) in [6, 6.07) is 5.90. The number of carbonyl (C=O) groups excluding carboxylic acids is 4. The van der Waals surface area contributed by atoms with Gasteiger partial charge in [0, 0.05) is 18.0 Å². The van der Waals surface area contributed by atoms with Crippen molar-refractivity contribution in [2.75, 3.05) is 6.61 Å². The van der Waals surface area contributed by atoms with E-state index < -0.39 is 30.6 Å². The molecule has 3 amide bonds. The highest BCUT2D eigenvalue weighted by molar-refractivity contribution is 5.97. The summed E-state index contributed by atoms with van der Waals surface area (Å²) in [5, 5.41) is 4.89. The number of carbonyl (C=O) groups is 4. The molecule has 0 radical (unpaired) electrons. The first-order valence-corrected chi connectivity index (χ1v) is 9.46. The van der Waals surface area contributed by atoms with Crippen molar-refractivity contribution in [3.05, 3.63) is 29.8 Å². The fourth-order valence-corrected chi connectivity index (χ4v) is 2.87. The largest absolute Gasteiger partial charge is 0.482 e. The van der Waals surface area contributed by atoms with E-state index in [1.54, 1.807) is 31.2 Å². The summed E-state index contributed by atoms with van der Waals surface area (Å²) in [5.41, 5.74) is 0.568. The third-order valence-electron chi connectivity index (χ3n) is 4.46. The molecule has 1 saturated carbocycles. The lowest BCUT2D eigenvalue weighted by molar-refractivity contribution is -0.156. The average Bonchev–Trinajstić information content (AvgIpc) is 3.18. The van der Waals surface area contributed by atoms with Gasteiger partial charge < -0.3 is 14.8 Å². The van der Waals surface area contributed by atoms with Crippen LogP contribution in [-0.4, -0.2) is 42.4 Å². The maximum Gasteiger partial charge on any atom is 0.344 e. The molecule has 152 valence electrons. The van der Waals surface area contributed by atoms with E-state index in [-0.39, 0.29) is 11.8 Å². The minimum absolute atomic E-state index is 0.0164. The number of hydrogen-bond acceptors (Lipinski definition) is 6. The van der Waals surface area contributed by atoms with Crippen molar-refractivity contribution in [2.24, 2.45) is 0 Å². The fraction of sp³-hybridized carbons (Fsp3) is 0.500. The minimum atomic E-state index is -1.13. The van der Waals surface area contributed by atoms with E-state index in [0.29, 0.717) is 17.7 Å². The number of esters is 1. The molecular formula is C20H26N2O6. The van der Waals surface area contributed by atoms with Gasteiger partial charge in [-0.3, -0.25) is 14.9 Å². The van der Waals surface area contributed by atoms with Gasteiger partial charge in [-0.25, -0.2) is 9.59 Å². The van der Waals surface area contributed by atoms with Crippen molar-refractivity contribution in [3.8, 4) is 5.75 Å². The summed E-state index contributed by atoms with van der Waals surface area (Å²) in [4.78, 5) is 47.1. The molecule has 1 aliphatic carbocycles. The first-order chi connectivity index (χ1) is 13.4. The molecule has 1 atom stereocenters. The predicted octanol–water partition coefficient (Wildman–Crippen LogP) is 2.36. The fourth-order valence-electron chi connectivity index (χ4n) is 2.87. The van der Waals surface area contributed by atoms with Crippen LogP contribution in [0.2, 0.25) is 0 Å². The second-order valence-corrected chi connectivity index (χ2v) is 6.67. The third kappa shape index (κ3) is 6.68. The highest BCUT2D eigenvalue weighted by Crippen LogP contribution is 2.17. The van der Waals surface area contributed by atoms with Crippen molar-refractivity contribution in [1.82, 2.24) is 10.6 Å². The van der Waals surface area contributed by atoms with Crippen molar-refractivity contribution < 1.29 is 28.7 Å². The molecule has 0 aromatic heterocycles. The highest BCUT2D eigenvalue weighted by atomic mass is 16.6. The topological polar surface area (TPSA) is 111 Å². The Labute approximate surface area is 164 Å². The molecule has 28 heavy (non-hydrogen) atoms. The van der Waals surface area contributed by atoms with Crippen LogP contribution in [0.15, 0.2) is 24.3 Å². The van der Waals surface area contributed by atoms with E-state index in [4.69, 9.17) is 9.47 Å². The van der Waals surface area contributed by atoms with Crippen molar-refractivity contribution in [2.45, 2.75) is 58.1 Å². The van der Waals surface area contributed by atoms with Crippen LogP contribution in [0.3, 0.4) is 0 Å². The van der Waals surface area contributed by atoms with Gasteiger partial charge in [0.25, 0.3) is 5.91 Å². The van der Waals surface area contributed by atoms with Gasteiger partial charge in [0.1, 0.15) is 5.75 Å². The summed E-state index contributed by atoms with van der Waals surface area (Å²) < 4.78 is 10.3. The lowest BCUT2D eigenvalue weighted by Crippen LogP contribution is -2.47. The van der Waals surface area contributed by atoms with Crippen LogP contribution in [-0.2, 0) is 14.3 Å². The summed E-state index contributed by atoms with van der Waals surface area (Å²) in [7, 11) is 0. The number of Topliss-reactive ketones (excluding diaryl/α,β-unsaturated/α-hetero) is 1. The Balaban J connectivity index is 1.71. The average molecular weight is 390 g/mol. The number of ketones is 1. The molecule has 8 nitrogen and oxygen atoms in total. The highest BCUT2D eigenvalue weighted by Gasteiger charge is 2.22. The Bertz CT molecular complexity index is 710. The van der Waals surface area contributed by atoms with Crippen LogP contribution in [0.4, 0.5) is 4.79 Å². The van der Waals surface area contributed by atoms with Crippen LogP contribution in [0, 0.1) is 0 Å². The predicted molar refractivity (Wildman–Crippen MR) is 101 cm³/mol. The van der Waals surface area contributed by atoms with Crippen molar-refractivity contribution >= 4 is 23.7 Å². The molecule has 8 heteroatoms. The summed E-state index contributed by atoms with van der Waals surface area (Å²) in [6.45, 7) is 2.76. The Morgan fingerprint density at radius 1 is 1.11 bits per heavy atom. The molecule has 0 spiro atoms. The Hall–Kier alpha value is -2.90. The molecule has 0 bridgehead atoms. The van der Waals surface area contributed by atoms with Crippen LogP contribution in [0.1, 0.15) is 56.3 Å². The van der Waals surface area contributed by atoms with Gasteiger partial charge in [-0.05, 0) is 44.0 Å². The van der Waals surface area contributed by atoms with Crippen molar-refractivity contribution in [1.29, 1.82) is 0 Å². The Morgan fingerprint density at radius 3 is 2.36 bits per heavy atom. The zero-order chi connectivity index (χ0) is 20.5. The Kier molecular flexibility index (Phi) is 7.98. The molecule has 0 saturated heterocycles. The first-order valence-electron chi connectivity index (χ1n) is 9.46. The quantitative estimate of drug-likeness (QED) is 0.521. The lowest BCUT2D eigenvalue weighted by Gasteiger charge is -2.15. The lowest BCUT2D eigenvalue weighted by atomic mass is 10.1. The number of ether oxygens (including phenoxy) is 2. The number of benzene rings is 1. The molecule has 2 N–H and O–H groups in total. The van der Waals surface area contributed by atoms with E-state index in [0.717, 1.165) is 25.7 Å². The third-order valence-corrected chi connectivity index (χ3v) is 4.46. The molecule has 0 heterocycles. The number of nitrogens with one attached hydrogen (secondary N) is 2. The summed E-state index contributed by atoms with van der Waals surface area (Å²) in [6.07, 6.45) is 3.20. The van der Waals surface area contributed by atoms with E-state index in [2.05, 4.69) is 10.6 Å². The maximum absolute atomic E-state index is 11.9. The minimum Gasteiger partial charge on any atom is -0.482 e. The molecule has 1 aliphatic rings. The smallest absolute Gasteiger partial charge is 0.344 e. The first kappa shape index (κ1) is 21.4. The zero-order valence-corrected chi connectivity index (χ0v) is 16.2. The number of imide groups is 1. The van der Waals surface area contributed by atoms with Gasteiger partial charge in [-0.2, -0.15) is 0 Å². The molecule has 2 rings (SSSR count). The molecular weight excluding hydrogens is 364 g/mol. The van der Waals surface area contributed by atoms with Gasteiger partial charge in [-0.1, -0.05) is 19.8 Å². The van der Waals surface area contributed by atoms with Crippen LogP contribution in [0.5, 0.6) is 5.75 Å². The molecule has 1 unspecified atom stereocenters. The normalized spacial score (nSPS) is 14.8. The standard InChI is InChI=1S/C20H26N2O6/c1-3-17(23)14-8-10-16(11-9-14)27-12-18(24)28-13(2)19(25)22-20(26)21-15-6-4-5-7-15/h8-11,13,15H,3-7,12H2,1-2H3,(H2,21,22,25,26). The number of hydrogen-bond donors (Lipinski definition) is 2. The number of amides is 3. The van der Waals surface area contributed by atoms with Gasteiger partial charge in [0.15, 0.2) is 18.5 Å². The van der Waals surface area contributed by atoms with E-state index in [9.17, 15) is 19.2 Å². The van der Waals surface area contributed by atoms with Crippen molar-refractivity contribution in [3.63, 3.8) is 0 Å². The molecule has 0 aliphatic heterocycles. The van der Waals surface area contributed by atoms with Gasteiger partial charge >= 0.3 is 12.0 Å². The second-order valence-electron chi connectivity index (χ2n) is 6.67. The molecule has 1 fully saturated rings. The number of urea groups is 1.